The van der Waals surface area contributed by atoms with Crippen molar-refractivity contribution < 1.29 is 9.13 Å². The van der Waals surface area contributed by atoms with Gasteiger partial charge in [0, 0.05) is 41.3 Å². The number of rotatable bonds is 9. The summed E-state index contributed by atoms with van der Waals surface area (Å²) in [6.07, 6.45) is 5.79. The van der Waals surface area contributed by atoms with Crippen LogP contribution in [0.25, 0.3) is 10.9 Å². The van der Waals surface area contributed by atoms with Crippen molar-refractivity contribution >= 4 is 28.1 Å². The summed E-state index contributed by atoms with van der Waals surface area (Å²) in [7, 11) is 0. The van der Waals surface area contributed by atoms with E-state index in [0.717, 1.165) is 34.6 Å². The molecule has 0 aliphatic carbocycles. The van der Waals surface area contributed by atoms with Gasteiger partial charge in [-0.3, -0.25) is 4.90 Å². The Morgan fingerprint density at radius 1 is 1.18 bits per heavy atom. The Morgan fingerprint density at radius 2 is 1.97 bits per heavy atom. The normalized spacial score (nSPS) is 15.2. The fraction of sp³-hybridized carbons (Fsp3) is 0.320. The van der Waals surface area contributed by atoms with Crippen LogP contribution in [0.15, 0.2) is 65.4 Å². The smallest absolute Gasteiger partial charge is 0.147 e. The Balaban J connectivity index is 1.34. The van der Waals surface area contributed by atoms with E-state index in [0.29, 0.717) is 24.6 Å². The predicted molar refractivity (Wildman–Crippen MR) is 133 cm³/mol. The molecule has 3 aromatic rings. The number of hydrogen-bond acceptors (Lipinski definition) is 5. The van der Waals surface area contributed by atoms with Gasteiger partial charge >= 0.3 is 0 Å². The van der Waals surface area contributed by atoms with Crippen LogP contribution >= 0.6 is 0 Å². The molecular formula is C25H31FN6O. The number of H-pyrrole nitrogens is 1. The van der Waals surface area contributed by atoms with Gasteiger partial charge in [0.25, 0.3) is 0 Å². The predicted octanol–water partition coefficient (Wildman–Crippen LogP) is 4.52. The summed E-state index contributed by atoms with van der Waals surface area (Å²) in [5, 5.41) is 7.31. The SMILES string of the molecule is CC(=C/N)/C(=N\CNc1ccc(OCCN2CCCC2)cc1)Nc1ccc(F)c2[nH]ccc12. The number of aromatic nitrogens is 1. The fourth-order valence-corrected chi connectivity index (χ4v) is 3.88. The highest BCUT2D eigenvalue weighted by Gasteiger charge is 2.11. The van der Waals surface area contributed by atoms with Gasteiger partial charge in [0.15, 0.2) is 0 Å². The standard InChI is InChI=1S/C25H31FN6O/c1-18(16-27)25(31-23-9-8-22(26)24-21(23)10-11-28-24)30-17-29-19-4-6-20(7-5-19)33-15-14-32-12-2-3-13-32/h4-11,16,28-29H,2-3,12-15,17,27H2,1H3,(H,30,31)/b18-16-. The topological polar surface area (TPSA) is 90.7 Å². The van der Waals surface area contributed by atoms with Crippen molar-refractivity contribution in [2.24, 2.45) is 10.7 Å². The van der Waals surface area contributed by atoms with Crippen LogP contribution in [0.3, 0.4) is 0 Å². The molecule has 1 saturated heterocycles. The molecular weight excluding hydrogens is 419 g/mol. The number of likely N-dealkylation sites (tertiary alicyclic amines) is 1. The lowest BCUT2D eigenvalue weighted by molar-refractivity contribution is 0.238. The van der Waals surface area contributed by atoms with Gasteiger partial charge in [-0.1, -0.05) is 0 Å². The highest BCUT2D eigenvalue weighted by Crippen LogP contribution is 2.25. The number of anilines is 2. The van der Waals surface area contributed by atoms with Crippen molar-refractivity contribution in [1.82, 2.24) is 9.88 Å². The number of nitrogens with zero attached hydrogens (tertiary/aromatic N) is 2. The minimum absolute atomic E-state index is 0.296. The van der Waals surface area contributed by atoms with Crippen molar-refractivity contribution in [2.45, 2.75) is 19.8 Å². The van der Waals surface area contributed by atoms with E-state index in [1.807, 2.05) is 37.3 Å². The van der Waals surface area contributed by atoms with Gasteiger partial charge in [-0.15, -0.1) is 0 Å². The third kappa shape index (κ3) is 5.84. The summed E-state index contributed by atoms with van der Waals surface area (Å²) in [5.41, 5.74) is 8.67. The summed E-state index contributed by atoms with van der Waals surface area (Å²) in [5.74, 6) is 1.18. The monoisotopic (exact) mass is 450 g/mol. The van der Waals surface area contributed by atoms with E-state index in [-0.39, 0.29) is 5.82 Å². The number of nitrogens with one attached hydrogen (secondary N) is 3. The molecule has 1 aliphatic heterocycles. The third-order valence-corrected chi connectivity index (χ3v) is 5.80. The van der Waals surface area contributed by atoms with Crippen molar-refractivity contribution in [3.8, 4) is 5.75 Å². The van der Waals surface area contributed by atoms with Gasteiger partial charge < -0.3 is 26.1 Å². The second kappa shape index (κ2) is 10.9. The molecule has 4 rings (SSSR count). The van der Waals surface area contributed by atoms with Crippen molar-refractivity contribution in [2.75, 3.05) is 43.5 Å². The molecule has 8 heteroatoms. The second-order valence-electron chi connectivity index (χ2n) is 8.10. The highest BCUT2D eigenvalue weighted by atomic mass is 19.1. The van der Waals surface area contributed by atoms with Crippen LogP contribution in [0.1, 0.15) is 19.8 Å². The maximum Gasteiger partial charge on any atom is 0.147 e. The first-order valence-electron chi connectivity index (χ1n) is 11.3. The zero-order valence-electron chi connectivity index (χ0n) is 18.9. The van der Waals surface area contributed by atoms with Gasteiger partial charge in [-0.05, 0) is 75.3 Å². The summed E-state index contributed by atoms with van der Waals surface area (Å²) in [4.78, 5) is 9.98. The number of hydrogen-bond donors (Lipinski definition) is 4. The lowest BCUT2D eigenvalue weighted by Gasteiger charge is -2.15. The largest absolute Gasteiger partial charge is 0.492 e. The molecule has 33 heavy (non-hydrogen) atoms. The lowest BCUT2D eigenvalue weighted by atomic mass is 10.2. The zero-order valence-corrected chi connectivity index (χ0v) is 18.9. The van der Waals surface area contributed by atoms with E-state index in [9.17, 15) is 4.39 Å². The van der Waals surface area contributed by atoms with Gasteiger partial charge in [0.1, 0.15) is 30.7 Å². The van der Waals surface area contributed by atoms with Crippen LogP contribution in [0.5, 0.6) is 5.75 Å². The number of ether oxygens (including phenoxy) is 1. The van der Waals surface area contributed by atoms with E-state index in [4.69, 9.17) is 10.5 Å². The first-order chi connectivity index (χ1) is 16.1. The van der Waals surface area contributed by atoms with Crippen LogP contribution in [0.2, 0.25) is 0 Å². The number of aromatic amines is 1. The molecule has 0 unspecified atom stereocenters. The minimum Gasteiger partial charge on any atom is -0.492 e. The molecule has 2 heterocycles. The van der Waals surface area contributed by atoms with Gasteiger partial charge in [0.05, 0.1) is 5.52 Å². The Kier molecular flexibility index (Phi) is 7.47. The van der Waals surface area contributed by atoms with E-state index in [2.05, 4.69) is 25.5 Å². The summed E-state index contributed by atoms with van der Waals surface area (Å²) < 4.78 is 19.8. The molecule has 0 atom stereocenters. The molecule has 0 amide bonds. The lowest BCUT2D eigenvalue weighted by Crippen LogP contribution is -2.25. The number of halogens is 1. The third-order valence-electron chi connectivity index (χ3n) is 5.80. The van der Waals surface area contributed by atoms with Crippen LogP contribution in [-0.2, 0) is 0 Å². The molecule has 0 bridgehead atoms. The first kappa shape index (κ1) is 22.7. The first-order valence-corrected chi connectivity index (χ1v) is 11.3. The number of aliphatic imine (C=N–C) groups is 1. The Bertz CT molecular complexity index is 1120. The number of benzene rings is 2. The molecule has 174 valence electrons. The summed E-state index contributed by atoms with van der Waals surface area (Å²) in [6, 6.07) is 12.8. The molecule has 5 N–H and O–H groups in total. The maximum absolute atomic E-state index is 14.0. The van der Waals surface area contributed by atoms with Gasteiger partial charge in [-0.2, -0.15) is 0 Å². The average molecular weight is 451 g/mol. The maximum atomic E-state index is 14.0. The van der Waals surface area contributed by atoms with Crippen LogP contribution in [0, 0.1) is 5.82 Å². The fourth-order valence-electron chi connectivity index (χ4n) is 3.88. The Morgan fingerprint density at radius 3 is 2.73 bits per heavy atom. The van der Waals surface area contributed by atoms with Gasteiger partial charge in [-0.25, -0.2) is 9.38 Å². The molecule has 1 fully saturated rings. The van der Waals surface area contributed by atoms with Crippen LogP contribution in [0.4, 0.5) is 15.8 Å². The van der Waals surface area contributed by atoms with E-state index >= 15 is 0 Å². The Labute approximate surface area is 193 Å². The molecule has 1 aliphatic rings. The molecule has 7 nitrogen and oxygen atoms in total. The molecule has 0 radical (unpaired) electrons. The second-order valence-corrected chi connectivity index (χ2v) is 8.10. The molecule has 0 spiro atoms. The van der Waals surface area contributed by atoms with E-state index in [1.54, 1.807) is 12.3 Å². The molecule has 1 aromatic heterocycles. The average Bonchev–Trinajstić information content (AvgIpc) is 3.53. The van der Waals surface area contributed by atoms with E-state index in [1.165, 1.54) is 38.2 Å². The van der Waals surface area contributed by atoms with Gasteiger partial charge in [0.2, 0.25) is 0 Å². The summed E-state index contributed by atoms with van der Waals surface area (Å²) >= 11 is 0. The van der Waals surface area contributed by atoms with Crippen LogP contribution in [-0.4, -0.2) is 48.6 Å². The van der Waals surface area contributed by atoms with E-state index < -0.39 is 0 Å². The number of nitrogens with two attached hydrogens (primary N) is 1. The highest BCUT2D eigenvalue weighted by molar-refractivity contribution is 6.11. The Hall–Kier alpha value is -3.52. The minimum atomic E-state index is -0.296. The number of amidine groups is 1. The number of fused-ring (bicyclic) bond motifs is 1. The van der Waals surface area contributed by atoms with Crippen molar-refractivity contribution in [1.29, 1.82) is 0 Å². The van der Waals surface area contributed by atoms with Crippen molar-refractivity contribution in [3.63, 3.8) is 0 Å². The zero-order chi connectivity index (χ0) is 23.0. The molecule has 0 saturated carbocycles. The quantitative estimate of drug-likeness (QED) is 0.284. The summed E-state index contributed by atoms with van der Waals surface area (Å²) in [6.45, 7) is 6.26. The van der Waals surface area contributed by atoms with Crippen LogP contribution < -0.4 is 21.1 Å². The van der Waals surface area contributed by atoms with Crippen molar-refractivity contribution in [3.05, 3.63) is 66.3 Å². The molecule has 2 aromatic carbocycles.